The van der Waals surface area contributed by atoms with Gasteiger partial charge in [0.05, 0.1) is 23.1 Å². The van der Waals surface area contributed by atoms with Crippen molar-refractivity contribution in [2.45, 2.75) is 47.1 Å². The Balaban J connectivity index is 1.84. The van der Waals surface area contributed by atoms with Crippen LogP contribution in [0.15, 0.2) is 18.5 Å². The van der Waals surface area contributed by atoms with Gasteiger partial charge in [0.2, 0.25) is 5.91 Å². The Hall–Kier alpha value is -2.63. The molecule has 25 heavy (non-hydrogen) atoms. The van der Waals surface area contributed by atoms with Crippen molar-refractivity contribution in [1.82, 2.24) is 19.3 Å². The first-order valence-corrected chi connectivity index (χ1v) is 8.71. The van der Waals surface area contributed by atoms with Gasteiger partial charge in [-0.25, -0.2) is 4.98 Å². The van der Waals surface area contributed by atoms with E-state index in [1.165, 1.54) is 11.1 Å². The molecule has 0 saturated heterocycles. The molecule has 0 unspecified atom stereocenters. The first kappa shape index (κ1) is 17.2. The predicted molar refractivity (Wildman–Crippen MR) is 99.8 cm³/mol. The van der Waals surface area contributed by atoms with Crippen molar-refractivity contribution >= 4 is 22.8 Å². The minimum Gasteiger partial charge on any atom is -0.321 e. The number of carbonyl (C=O) groups is 1. The van der Waals surface area contributed by atoms with Crippen LogP contribution in [0.5, 0.6) is 0 Å². The van der Waals surface area contributed by atoms with Crippen molar-refractivity contribution in [2.75, 3.05) is 5.32 Å². The summed E-state index contributed by atoms with van der Waals surface area (Å²) in [4.78, 5) is 17.0. The molecule has 2 aromatic heterocycles. The minimum absolute atomic E-state index is 0.0714. The van der Waals surface area contributed by atoms with E-state index in [1.807, 2.05) is 11.6 Å². The predicted octanol–water partition coefficient (Wildman–Crippen LogP) is 3.15. The molecular formula is C19H25N5O. The van der Waals surface area contributed by atoms with Crippen molar-refractivity contribution in [3.8, 4) is 0 Å². The van der Waals surface area contributed by atoms with Crippen molar-refractivity contribution in [1.29, 1.82) is 0 Å². The van der Waals surface area contributed by atoms with Gasteiger partial charge in [0, 0.05) is 12.6 Å². The number of imidazole rings is 1. The van der Waals surface area contributed by atoms with E-state index in [-0.39, 0.29) is 12.5 Å². The summed E-state index contributed by atoms with van der Waals surface area (Å²) < 4.78 is 3.65. The number of nitrogens with one attached hydrogen (secondary N) is 1. The zero-order chi connectivity index (χ0) is 18.1. The molecule has 0 spiro atoms. The Morgan fingerprint density at radius 3 is 2.56 bits per heavy atom. The third-order valence-corrected chi connectivity index (χ3v) is 4.73. The quantitative estimate of drug-likeness (QED) is 0.776. The van der Waals surface area contributed by atoms with Crippen molar-refractivity contribution in [3.63, 3.8) is 0 Å². The van der Waals surface area contributed by atoms with Gasteiger partial charge in [-0.3, -0.25) is 9.48 Å². The molecule has 3 rings (SSSR count). The number of hydrogen-bond acceptors (Lipinski definition) is 3. The lowest BCUT2D eigenvalue weighted by molar-refractivity contribution is -0.116. The molecular weight excluding hydrogens is 314 g/mol. The van der Waals surface area contributed by atoms with Gasteiger partial charge in [0.1, 0.15) is 12.4 Å². The second-order valence-corrected chi connectivity index (χ2v) is 6.45. The van der Waals surface area contributed by atoms with Gasteiger partial charge in [0.15, 0.2) is 0 Å². The van der Waals surface area contributed by atoms with Crippen LogP contribution in [-0.2, 0) is 31.2 Å². The second kappa shape index (κ2) is 6.70. The Morgan fingerprint density at radius 1 is 1.16 bits per heavy atom. The minimum atomic E-state index is -0.0714. The third kappa shape index (κ3) is 3.16. The molecule has 0 aliphatic carbocycles. The van der Waals surface area contributed by atoms with Crippen LogP contribution in [0.3, 0.4) is 0 Å². The maximum Gasteiger partial charge on any atom is 0.245 e. The van der Waals surface area contributed by atoms with Crippen LogP contribution in [0.25, 0.3) is 11.0 Å². The lowest BCUT2D eigenvalue weighted by atomic mass is 10.1. The van der Waals surface area contributed by atoms with Gasteiger partial charge >= 0.3 is 0 Å². The monoisotopic (exact) mass is 339 g/mol. The average Bonchev–Trinajstić information content (AvgIpc) is 3.09. The fraction of sp³-hybridized carbons (Fsp3) is 0.421. The normalized spacial score (nSPS) is 11.2. The van der Waals surface area contributed by atoms with Gasteiger partial charge in [-0.1, -0.05) is 13.8 Å². The van der Waals surface area contributed by atoms with Crippen LogP contribution in [0.1, 0.15) is 36.2 Å². The molecule has 0 atom stereocenters. The SMILES string of the molecule is CCc1nn(C)c(NC(=O)Cn2cnc3cc(C)c(C)cc32)c1CC. The fourth-order valence-electron chi connectivity index (χ4n) is 3.20. The summed E-state index contributed by atoms with van der Waals surface area (Å²) in [6.07, 6.45) is 3.43. The highest BCUT2D eigenvalue weighted by Crippen LogP contribution is 2.21. The number of benzene rings is 1. The summed E-state index contributed by atoms with van der Waals surface area (Å²) >= 11 is 0. The van der Waals surface area contributed by atoms with Crippen LogP contribution in [0, 0.1) is 13.8 Å². The van der Waals surface area contributed by atoms with Crippen molar-refractivity contribution in [3.05, 3.63) is 40.8 Å². The topological polar surface area (TPSA) is 64.7 Å². The summed E-state index contributed by atoms with van der Waals surface area (Å²) in [5.74, 6) is 0.721. The van der Waals surface area contributed by atoms with Gasteiger partial charge in [0.25, 0.3) is 0 Å². The highest BCUT2D eigenvalue weighted by atomic mass is 16.2. The molecule has 6 heteroatoms. The molecule has 132 valence electrons. The highest BCUT2D eigenvalue weighted by molar-refractivity contribution is 5.91. The molecule has 0 aliphatic heterocycles. The van der Waals surface area contributed by atoms with E-state index in [9.17, 15) is 4.79 Å². The molecule has 0 aliphatic rings. The summed E-state index contributed by atoms with van der Waals surface area (Å²) in [5, 5.41) is 7.53. The Labute approximate surface area is 147 Å². The van der Waals surface area contributed by atoms with Crippen LogP contribution >= 0.6 is 0 Å². The first-order valence-electron chi connectivity index (χ1n) is 8.71. The Morgan fingerprint density at radius 2 is 1.88 bits per heavy atom. The van der Waals surface area contributed by atoms with Gasteiger partial charge in [-0.15, -0.1) is 0 Å². The number of aryl methyl sites for hydroxylation is 4. The van der Waals surface area contributed by atoms with Gasteiger partial charge in [-0.05, 0) is 49.9 Å². The summed E-state index contributed by atoms with van der Waals surface area (Å²) in [6.45, 7) is 8.53. The van der Waals surface area contributed by atoms with Crippen LogP contribution in [-0.4, -0.2) is 25.2 Å². The lowest BCUT2D eigenvalue weighted by Crippen LogP contribution is -2.20. The number of amides is 1. The maximum absolute atomic E-state index is 12.6. The Kier molecular flexibility index (Phi) is 4.61. The van der Waals surface area contributed by atoms with Crippen molar-refractivity contribution in [2.24, 2.45) is 7.05 Å². The average molecular weight is 339 g/mol. The fourth-order valence-corrected chi connectivity index (χ4v) is 3.20. The zero-order valence-corrected chi connectivity index (χ0v) is 15.6. The van der Waals surface area contributed by atoms with E-state index in [0.717, 1.165) is 41.0 Å². The van der Waals surface area contributed by atoms with Crippen LogP contribution in [0.4, 0.5) is 5.82 Å². The van der Waals surface area contributed by atoms with Crippen LogP contribution in [0.2, 0.25) is 0 Å². The summed E-state index contributed by atoms with van der Waals surface area (Å²) in [5.41, 5.74) is 6.45. The van der Waals surface area contributed by atoms with E-state index in [0.29, 0.717) is 0 Å². The summed E-state index contributed by atoms with van der Waals surface area (Å²) in [6, 6.07) is 4.14. The molecule has 0 fully saturated rings. The standard InChI is InChI=1S/C19H25N5O/c1-6-14-15(7-2)22-23(5)19(14)21-18(25)10-24-11-20-16-8-12(3)13(4)9-17(16)24/h8-9,11H,6-7,10H2,1-5H3,(H,21,25). The molecule has 1 amide bonds. The molecule has 3 aromatic rings. The number of hydrogen-bond donors (Lipinski definition) is 1. The molecule has 0 bridgehead atoms. The molecule has 1 aromatic carbocycles. The molecule has 6 nitrogen and oxygen atoms in total. The first-order chi connectivity index (χ1) is 11.9. The van der Waals surface area contributed by atoms with E-state index < -0.39 is 0 Å². The smallest absolute Gasteiger partial charge is 0.245 e. The molecule has 0 saturated carbocycles. The molecule has 0 radical (unpaired) electrons. The lowest BCUT2D eigenvalue weighted by Gasteiger charge is -2.09. The van der Waals surface area contributed by atoms with E-state index >= 15 is 0 Å². The van der Waals surface area contributed by atoms with Gasteiger partial charge in [-0.2, -0.15) is 5.10 Å². The maximum atomic E-state index is 12.6. The number of rotatable bonds is 5. The van der Waals surface area contributed by atoms with Crippen LogP contribution < -0.4 is 5.32 Å². The summed E-state index contributed by atoms with van der Waals surface area (Å²) in [7, 11) is 1.87. The molecule has 1 N–H and O–H groups in total. The Bertz CT molecular complexity index is 935. The molecule has 2 heterocycles. The van der Waals surface area contributed by atoms with Gasteiger partial charge < -0.3 is 9.88 Å². The number of fused-ring (bicyclic) bond motifs is 1. The van der Waals surface area contributed by atoms with E-state index in [2.05, 4.69) is 55.2 Å². The third-order valence-electron chi connectivity index (χ3n) is 4.73. The highest BCUT2D eigenvalue weighted by Gasteiger charge is 2.16. The zero-order valence-electron chi connectivity index (χ0n) is 15.6. The van der Waals surface area contributed by atoms with E-state index in [1.54, 1.807) is 11.0 Å². The largest absolute Gasteiger partial charge is 0.321 e. The number of anilines is 1. The number of nitrogens with zero attached hydrogens (tertiary/aromatic N) is 4. The number of carbonyl (C=O) groups excluding carboxylic acids is 1. The van der Waals surface area contributed by atoms with E-state index in [4.69, 9.17) is 0 Å². The van der Waals surface area contributed by atoms with Crippen molar-refractivity contribution < 1.29 is 4.79 Å². The number of aromatic nitrogens is 4. The second-order valence-electron chi connectivity index (χ2n) is 6.45.